The maximum Gasteiger partial charge on any atom is 0.166 e. The van der Waals surface area contributed by atoms with Gasteiger partial charge in [0.15, 0.2) is 17.5 Å². The van der Waals surface area contributed by atoms with Crippen LogP contribution < -0.4 is 0 Å². The van der Waals surface area contributed by atoms with Crippen LogP contribution in [0.3, 0.4) is 0 Å². The highest BCUT2D eigenvalue weighted by atomic mass is 16.3. The highest BCUT2D eigenvalue weighted by molar-refractivity contribution is 6.12. The number of hydrogen-bond donors (Lipinski definition) is 0. The fraction of sp³-hybridized carbons (Fsp3) is 0.0339. The van der Waals surface area contributed by atoms with Crippen LogP contribution in [0.5, 0.6) is 0 Å². The number of rotatable bonds is 7. The Bertz CT molecular complexity index is 3560. The first kappa shape index (κ1) is 37.4. The largest absolute Gasteiger partial charge is 0.456 e. The highest BCUT2D eigenvalue weighted by Crippen LogP contribution is 2.42. The van der Waals surface area contributed by atoms with Crippen LogP contribution in [-0.2, 0) is 0 Å². The molecule has 12 aromatic rings. The summed E-state index contributed by atoms with van der Waals surface area (Å²) >= 11 is 0. The van der Waals surface area contributed by atoms with Crippen molar-refractivity contribution in [2.75, 3.05) is 0 Å². The lowest BCUT2D eigenvalue weighted by atomic mass is 9.99. The van der Waals surface area contributed by atoms with Gasteiger partial charge in [0, 0.05) is 38.2 Å². The molecule has 0 aliphatic heterocycles. The van der Waals surface area contributed by atoms with Gasteiger partial charge in [-0.2, -0.15) is 0 Å². The maximum absolute atomic E-state index is 6.40. The lowest BCUT2D eigenvalue weighted by Gasteiger charge is -2.16. The van der Waals surface area contributed by atoms with E-state index in [1.165, 1.54) is 33.4 Å². The molecule has 64 heavy (non-hydrogen) atoms. The van der Waals surface area contributed by atoms with E-state index < -0.39 is 0 Å². The van der Waals surface area contributed by atoms with Crippen molar-refractivity contribution < 1.29 is 4.42 Å². The SMILES string of the molecule is Cc1ccc(-c2ccc3c(c2)c2cc(-c4ccc(C)cc4)ccc2n3-c2ccc(-c3ccc4c(c3)oc3ccccc34)cc2-c2nc(-c3ccccc3)nc(-c3ccccc3)n2)cc1. The molecule has 3 aromatic heterocycles. The topological polar surface area (TPSA) is 56.7 Å². The van der Waals surface area contributed by atoms with Gasteiger partial charge >= 0.3 is 0 Å². The Balaban J connectivity index is 1.14. The molecule has 0 fully saturated rings. The standard InChI is InChI=1S/C59H40N4O/c1-37-17-21-39(22-18-37)43-26-30-52-49(33-43)50-34-44(40-23-19-38(2)20-24-40)27-31-53(50)63(52)54-32-28-45(46-25-29-48-47-15-9-10-16-55(47)64-56(48)36-46)35-51(54)59-61-57(41-11-5-3-6-12-41)60-58(62-59)42-13-7-4-8-14-42/h3-36H,1-2H3. The van der Waals surface area contributed by atoms with Crippen molar-refractivity contribution in [3.05, 3.63) is 217 Å². The van der Waals surface area contributed by atoms with Gasteiger partial charge < -0.3 is 8.98 Å². The zero-order chi connectivity index (χ0) is 42.7. The number of aryl methyl sites for hydroxylation is 2. The van der Waals surface area contributed by atoms with Gasteiger partial charge in [-0.15, -0.1) is 0 Å². The summed E-state index contributed by atoms with van der Waals surface area (Å²) < 4.78 is 8.78. The minimum absolute atomic E-state index is 0.580. The lowest BCUT2D eigenvalue weighted by Crippen LogP contribution is -2.04. The van der Waals surface area contributed by atoms with E-state index in [9.17, 15) is 0 Å². The molecule has 0 N–H and O–H groups in total. The predicted octanol–water partition coefficient (Wildman–Crippen LogP) is 15.5. The molecule has 5 heteroatoms. The smallest absolute Gasteiger partial charge is 0.166 e. The van der Waals surface area contributed by atoms with Crippen LogP contribution in [0, 0.1) is 13.8 Å². The van der Waals surface area contributed by atoms with Gasteiger partial charge in [0.1, 0.15) is 11.2 Å². The Hall–Kier alpha value is -8.41. The molecule has 302 valence electrons. The predicted molar refractivity (Wildman–Crippen MR) is 264 cm³/mol. The molecule has 9 aromatic carbocycles. The Kier molecular flexibility index (Phi) is 8.87. The van der Waals surface area contributed by atoms with Crippen molar-refractivity contribution in [2.45, 2.75) is 13.8 Å². The molecule has 0 bridgehead atoms. The number of nitrogens with zero attached hydrogens (tertiary/aromatic N) is 4. The molecule has 0 unspecified atom stereocenters. The summed E-state index contributed by atoms with van der Waals surface area (Å²) in [6.07, 6.45) is 0. The number of para-hydroxylation sites is 1. The number of fused-ring (bicyclic) bond motifs is 6. The summed E-state index contributed by atoms with van der Waals surface area (Å²) in [5, 5.41) is 4.53. The third-order valence-electron chi connectivity index (χ3n) is 12.4. The van der Waals surface area contributed by atoms with Gasteiger partial charge in [-0.3, -0.25) is 0 Å². The van der Waals surface area contributed by atoms with Crippen LogP contribution in [0.2, 0.25) is 0 Å². The molecule has 5 nitrogen and oxygen atoms in total. The number of hydrogen-bond acceptors (Lipinski definition) is 4. The van der Waals surface area contributed by atoms with E-state index in [1.807, 2.05) is 48.5 Å². The Morgan fingerprint density at radius 3 is 1.38 bits per heavy atom. The van der Waals surface area contributed by atoms with E-state index in [-0.39, 0.29) is 0 Å². The molecule has 0 saturated heterocycles. The zero-order valence-electron chi connectivity index (χ0n) is 35.3. The molecule has 12 rings (SSSR count). The van der Waals surface area contributed by atoms with Gasteiger partial charge in [0.05, 0.1) is 16.7 Å². The summed E-state index contributed by atoms with van der Waals surface area (Å²) in [5.41, 5.74) is 16.8. The number of aromatic nitrogens is 4. The van der Waals surface area contributed by atoms with Crippen LogP contribution in [0.1, 0.15) is 11.1 Å². The number of benzene rings is 9. The molecule has 0 saturated carbocycles. The van der Waals surface area contributed by atoms with Crippen LogP contribution in [0.25, 0.3) is 117 Å². The normalized spacial score (nSPS) is 11.6. The summed E-state index contributed by atoms with van der Waals surface area (Å²) in [6.45, 7) is 4.26. The van der Waals surface area contributed by atoms with Gasteiger partial charge in [-0.1, -0.05) is 163 Å². The lowest BCUT2D eigenvalue weighted by molar-refractivity contribution is 0.669. The van der Waals surface area contributed by atoms with Crippen molar-refractivity contribution in [2.24, 2.45) is 0 Å². The van der Waals surface area contributed by atoms with Crippen LogP contribution >= 0.6 is 0 Å². The molecular weight excluding hydrogens is 781 g/mol. The van der Waals surface area contributed by atoms with Crippen LogP contribution in [0.4, 0.5) is 0 Å². The first-order chi connectivity index (χ1) is 31.5. The average molecular weight is 821 g/mol. The second-order valence-electron chi connectivity index (χ2n) is 16.6. The fourth-order valence-electron chi connectivity index (χ4n) is 9.06. The quantitative estimate of drug-likeness (QED) is 0.161. The third-order valence-corrected chi connectivity index (χ3v) is 12.4. The van der Waals surface area contributed by atoms with Gasteiger partial charge in [-0.25, -0.2) is 15.0 Å². The molecular formula is C59H40N4O. The minimum Gasteiger partial charge on any atom is -0.456 e. The molecule has 0 aliphatic carbocycles. The van der Waals surface area contributed by atoms with E-state index in [4.69, 9.17) is 19.4 Å². The molecule has 3 heterocycles. The fourth-order valence-corrected chi connectivity index (χ4v) is 9.06. The van der Waals surface area contributed by atoms with E-state index in [1.54, 1.807) is 0 Å². The number of furan rings is 1. The summed E-state index contributed by atoms with van der Waals surface area (Å²) in [6, 6.07) is 73.0. The van der Waals surface area contributed by atoms with Crippen molar-refractivity contribution >= 4 is 43.7 Å². The monoisotopic (exact) mass is 820 g/mol. The second-order valence-corrected chi connectivity index (χ2v) is 16.6. The van der Waals surface area contributed by atoms with Gasteiger partial charge in [0.25, 0.3) is 0 Å². The van der Waals surface area contributed by atoms with Crippen LogP contribution in [-0.4, -0.2) is 19.5 Å². The molecule has 0 spiro atoms. The summed E-state index contributed by atoms with van der Waals surface area (Å²) in [7, 11) is 0. The van der Waals surface area contributed by atoms with E-state index in [2.05, 4.69) is 176 Å². The third kappa shape index (κ3) is 6.54. The van der Waals surface area contributed by atoms with Crippen molar-refractivity contribution in [1.29, 1.82) is 0 Å². The second kappa shape index (κ2) is 15.2. The summed E-state index contributed by atoms with van der Waals surface area (Å²) in [5.74, 6) is 1.80. The molecule has 0 atom stereocenters. The average Bonchev–Trinajstić information content (AvgIpc) is 3.89. The molecule has 0 radical (unpaired) electrons. The van der Waals surface area contributed by atoms with Gasteiger partial charge in [0.2, 0.25) is 0 Å². The zero-order valence-corrected chi connectivity index (χ0v) is 35.3. The van der Waals surface area contributed by atoms with Crippen LogP contribution in [0.15, 0.2) is 211 Å². The van der Waals surface area contributed by atoms with Gasteiger partial charge in [-0.05, 0) is 102 Å². The first-order valence-corrected chi connectivity index (χ1v) is 21.7. The first-order valence-electron chi connectivity index (χ1n) is 21.7. The van der Waals surface area contributed by atoms with Crippen molar-refractivity contribution in [3.63, 3.8) is 0 Å². The van der Waals surface area contributed by atoms with Crippen molar-refractivity contribution in [1.82, 2.24) is 19.5 Å². The van der Waals surface area contributed by atoms with E-state index in [0.717, 1.165) is 77.2 Å². The molecule has 0 amide bonds. The van der Waals surface area contributed by atoms with E-state index >= 15 is 0 Å². The van der Waals surface area contributed by atoms with Crippen molar-refractivity contribution in [3.8, 4) is 73.2 Å². The minimum atomic E-state index is 0.580. The Morgan fingerprint density at radius 2 is 0.781 bits per heavy atom. The Labute approximate surface area is 370 Å². The summed E-state index contributed by atoms with van der Waals surface area (Å²) in [4.78, 5) is 15.7. The maximum atomic E-state index is 6.40. The Morgan fingerprint density at radius 1 is 0.328 bits per heavy atom. The van der Waals surface area contributed by atoms with E-state index in [0.29, 0.717) is 17.5 Å². The highest BCUT2D eigenvalue weighted by Gasteiger charge is 2.22. The molecule has 0 aliphatic rings.